The highest BCUT2D eigenvalue weighted by Crippen LogP contribution is 2.37. The smallest absolute Gasteiger partial charge is 0.369 e. The number of hydrogen-bond acceptors (Lipinski definition) is 4. The third-order valence-electron chi connectivity index (χ3n) is 5.40. The van der Waals surface area contributed by atoms with Crippen LogP contribution < -0.4 is 10.0 Å². The molecule has 3 rings (SSSR count). The zero-order chi connectivity index (χ0) is 24.4. The predicted molar refractivity (Wildman–Crippen MR) is 116 cm³/mol. The number of carbonyl (C=O) groups excluding carboxylic acids is 2. The molecule has 1 fully saturated rings. The second-order valence-electron chi connectivity index (χ2n) is 7.55. The van der Waals surface area contributed by atoms with E-state index in [2.05, 4.69) is 0 Å². The molecule has 0 saturated carbocycles. The van der Waals surface area contributed by atoms with Gasteiger partial charge in [0.05, 0.1) is 21.2 Å². The molecule has 178 valence electrons. The third-order valence-corrected chi connectivity index (χ3v) is 7.50. The zero-order valence-corrected chi connectivity index (χ0v) is 18.8. The largest absolute Gasteiger partial charge is 0.416 e. The number of primary amides is 1. The van der Waals surface area contributed by atoms with Gasteiger partial charge in [-0.2, -0.15) is 13.2 Å². The van der Waals surface area contributed by atoms with Gasteiger partial charge in [0.25, 0.3) is 10.0 Å². The molecule has 0 unspecified atom stereocenters. The van der Waals surface area contributed by atoms with Crippen molar-refractivity contribution in [2.45, 2.75) is 23.9 Å². The summed E-state index contributed by atoms with van der Waals surface area (Å²) in [4.78, 5) is 25.5. The molecule has 0 aromatic heterocycles. The van der Waals surface area contributed by atoms with Crippen LogP contribution in [0.25, 0.3) is 0 Å². The van der Waals surface area contributed by atoms with E-state index >= 15 is 0 Å². The molecule has 2 N–H and O–H groups in total. The maximum Gasteiger partial charge on any atom is 0.416 e. The Bertz CT molecular complexity index is 1140. The lowest BCUT2D eigenvalue weighted by molar-refractivity contribution is -0.137. The van der Waals surface area contributed by atoms with E-state index in [1.54, 1.807) is 6.07 Å². The molecule has 1 saturated heterocycles. The normalized spacial score (nSPS) is 15.3. The van der Waals surface area contributed by atoms with Crippen molar-refractivity contribution in [3.05, 3.63) is 59.1 Å². The van der Waals surface area contributed by atoms with E-state index in [0.29, 0.717) is 23.2 Å². The van der Waals surface area contributed by atoms with E-state index in [4.69, 9.17) is 17.3 Å². The minimum atomic E-state index is -4.75. The van der Waals surface area contributed by atoms with Gasteiger partial charge >= 0.3 is 6.18 Å². The number of rotatable bonds is 6. The number of amides is 2. The molecule has 2 aromatic rings. The molecular formula is C21H21ClF3N3O4S. The van der Waals surface area contributed by atoms with Crippen molar-refractivity contribution in [1.82, 2.24) is 4.90 Å². The summed E-state index contributed by atoms with van der Waals surface area (Å²) in [6.07, 6.45) is -4.12. The number of likely N-dealkylation sites (tertiary alicyclic amines) is 1. The molecule has 7 nitrogen and oxygen atoms in total. The van der Waals surface area contributed by atoms with E-state index < -0.39 is 51.7 Å². The Morgan fingerprint density at radius 2 is 1.70 bits per heavy atom. The van der Waals surface area contributed by atoms with Crippen molar-refractivity contribution in [3.8, 4) is 0 Å². The predicted octanol–water partition coefficient (Wildman–Crippen LogP) is 3.28. The summed E-state index contributed by atoms with van der Waals surface area (Å²) in [6.45, 7) is -0.427. The van der Waals surface area contributed by atoms with E-state index in [0.717, 1.165) is 12.1 Å². The molecule has 2 amide bonds. The highest BCUT2D eigenvalue weighted by atomic mass is 35.5. The highest BCUT2D eigenvalue weighted by Gasteiger charge is 2.35. The number of benzene rings is 2. The van der Waals surface area contributed by atoms with Crippen molar-refractivity contribution >= 4 is 39.1 Å². The van der Waals surface area contributed by atoms with Crippen molar-refractivity contribution in [1.29, 1.82) is 0 Å². The van der Waals surface area contributed by atoms with Crippen LogP contribution >= 0.6 is 11.6 Å². The van der Waals surface area contributed by atoms with Gasteiger partial charge < -0.3 is 10.6 Å². The van der Waals surface area contributed by atoms with E-state index in [9.17, 15) is 31.2 Å². The number of nitrogens with zero attached hydrogens (tertiary/aromatic N) is 2. The van der Waals surface area contributed by atoms with Crippen LogP contribution in [-0.4, -0.2) is 44.8 Å². The number of piperidine rings is 1. The summed E-state index contributed by atoms with van der Waals surface area (Å²) in [6, 6.07) is 9.31. The molecule has 0 radical (unpaired) electrons. The van der Waals surface area contributed by atoms with Crippen molar-refractivity contribution in [2.75, 3.05) is 23.9 Å². The van der Waals surface area contributed by atoms with Gasteiger partial charge in [-0.15, -0.1) is 0 Å². The third kappa shape index (κ3) is 5.59. The average molecular weight is 504 g/mol. The number of sulfonamides is 1. The van der Waals surface area contributed by atoms with Gasteiger partial charge in [-0.3, -0.25) is 13.9 Å². The number of nitrogens with two attached hydrogens (primary N) is 1. The summed E-state index contributed by atoms with van der Waals surface area (Å²) >= 11 is 6.11. The lowest BCUT2D eigenvalue weighted by Crippen LogP contribution is -2.47. The van der Waals surface area contributed by atoms with Gasteiger partial charge in [-0.1, -0.05) is 29.8 Å². The number of anilines is 1. The van der Waals surface area contributed by atoms with Crippen LogP contribution in [-0.2, 0) is 25.8 Å². The number of hydrogen-bond donors (Lipinski definition) is 1. The van der Waals surface area contributed by atoms with Crippen molar-refractivity contribution in [2.24, 2.45) is 11.7 Å². The van der Waals surface area contributed by atoms with E-state index in [-0.39, 0.29) is 23.0 Å². The molecule has 1 heterocycles. The topological polar surface area (TPSA) is 101 Å². The Balaban J connectivity index is 1.99. The number of carbonyl (C=O) groups is 2. The second-order valence-corrected chi connectivity index (χ2v) is 9.82. The summed E-state index contributed by atoms with van der Waals surface area (Å²) in [5.41, 5.74) is 3.73. The van der Waals surface area contributed by atoms with Gasteiger partial charge in [0.15, 0.2) is 0 Å². The summed E-state index contributed by atoms with van der Waals surface area (Å²) < 4.78 is 67.2. The lowest BCUT2D eigenvalue weighted by Gasteiger charge is -2.33. The zero-order valence-electron chi connectivity index (χ0n) is 17.3. The first-order chi connectivity index (χ1) is 15.4. The quantitative estimate of drug-likeness (QED) is 0.653. The minimum Gasteiger partial charge on any atom is -0.369 e. The maximum atomic E-state index is 13.4. The van der Waals surface area contributed by atoms with Crippen LogP contribution in [0.5, 0.6) is 0 Å². The standard InChI is InChI=1S/C21H21ClF3N3O4S/c22-17-7-6-15(21(23,24)25)12-18(17)28(33(31,32)16-4-2-1-3-5-16)13-19(29)27-10-8-14(9-11-27)20(26)30/h1-7,12,14H,8-11,13H2,(H2,26,30). The van der Waals surface area contributed by atoms with Crippen LogP contribution in [0.2, 0.25) is 5.02 Å². The van der Waals surface area contributed by atoms with Gasteiger partial charge in [0.1, 0.15) is 6.54 Å². The Kier molecular flexibility index (Phi) is 7.23. The van der Waals surface area contributed by atoms with Crippen LogP contribution in [0.3, 0.4) is 0 Å². The fourth-order valence-corrected chi connectivity index (χ4v) is 5.25. The molecule has 1 aliphatic rings. The lowest BCUT2D eigenvalue weighted by atomic mass is 9.96. The van der Waals surface area contributed by atoms with Crippen molar-refractivity contribution in [3.63, 3.8) is 0 Å². The molecule has 12 heteroatoms. The Morgan fingerprint density at radius 3 is 2.24 bits per heavy atom. The Hall–Kier alpha value is -2.79. The Morgan fingerprint density at radius 1 is 1.09 bits per heavy atom. The molecule has 1 aliphatic heterocycles. The van der Waals surface area contributed by atoms with Crippen LogP contribution in [0.4, 0.5) is 18.9 Å². The molecule has 0 atom stereocenters. The van der Waals surface area contributed by atoms with Crippen molar-refractivity contribution < 1.29 is 31.2 Å². The summed E-state index contributed by atoms with van der Waals surface area (Å²) in [7, 11) is -4.44. The maximum absolute atomic E-state index is 13.4. The first-order valence-corrected chi connectivity index (χ1v) is 11.7. The van der Waals surface area contributed by atoms with E-state index in [1.165, 1.54) is 29.2 Å². The highest BCUT2D eigenvalue weighted by molar-refractivity contribution is 7.92. The minimum absolute atomic E-state index is 0.169. The molecule has 33 heavy (non-hydrogen) atoms. The van der Waals surface area contributed by atoms with Gasteiger partial charge in [0.2, 0.25) is 11.8 Å². The number of halogens is 4. The van der Waals surface area contributed by atoms with E-state index in [1.807, 2.05) is 0 Å². The summed E-state index contributed by atoms with van der Waals surface area (Å²) in [5, 5.41) is -0.261. The fraction of sp³-hybridized carbons (Fsp3) is 0.333. The molecule has 0 aliphatic carbocycles. The first kappa shape index (κ1) is 24.8. The van der Waals surface area contributed by atoms with Gasteiger partial charge in [-0.05, 0) is 43.2 Å². The first-order valence-electron chi connectivity index (χ1n) is 9.93. The summed E-state index contributed by atoms with van der Waals surface area (Å²) in [5.74, 6) is -1.51. The SMILES string of the molecule is NC(=O)C1CCN(C(=O)CN(c2cc(C(F)(F)F)ccc2Cl)S(=O)(=O)c2ccccc2)CC1. The molecule has 0 spiro atoms. The fourth-order valence-electron chi connectivity index (χ4n) is 3.54. The van der Waals surface area contributed by atoms with Gasteiger partial charge in [-0.25, -0.2) is 8.42 Å². The van der Waals surface area contributed by atoms with Crippen LogP contribution in [0.15, 0.2) is 53.4 Å². The Labute approximate surface area is 194 Å². The van der Waals surface area contributed by atoms with Crippen LogP contribution in [0.1, 0.15) is 18.4 Å². The average Bonchev–Trinajstić information content (AvgIpc) is 2.77. The monoisotopic (exact) mass is 503 g/mol. The molecular weight excluding hydrogens is 483 g/mol. The molecule has 0 bridgehead atoms. The second kappa shape index (κ2) is 9.60. The van der Waals surface area contributed by atoms with Crippen LogP contribution in [0, 0.1) is 5.92 Å². The molecule has 2 aromatic carbocycles. The number of alkyl halides is 3. The van der Waals surface area contributed by atoms with Gasteiger partial charge in [0, 0.05) is 19.0 Å².